The van der Waals surface area contributed by atoms with E-state index in [-0.39, 0.29) is 5.56 Å². The molecular formula is C17H14N2O2. The number of methoxy groups -OCH3 is 1. The summed E-state index contributed by atoms with van der Waals surface area (Å²) in [5.74, 6) is -0.480. The number of aromatic nitrogens is 1. The first-order chi connectivity index (χ1) is 10.2. The number of carbonyl (C=O) groups excluding carboxylic acids is 1. The lowest BCUT2D eigenvalue weighted by atomic mass is 10.0. The number of nitrogen functional groups attached to an aromatic ring is 1. The summed E-state index contributed by atoms with van der Waals surface area (Å²) < 4.78 is 4.72. The Hall–Kier alpha value is -2.88. The quantitative estimate of drug-likeness (QED) is 0.731. The van der Waals surface area contributed by atoms with Gasteiger partial charge in [-0.1, -0.05) is 48.5 Å². The van der Waals surface area contributed by atoms with Gasteiger partial charge < -0.3 is 10.5 Å². The van der Waals surface area contributed by atoms with E-state index in [2.05, 4.69) is 4.98 Å². The second-order valence-electron chi connectivity index (χ2n) is 4.64. The van der Waals surface area contributed by atoms with Crippen molar-refractivity contribution in [3.63, 3.8) is 0 Å². The number of nitrogens with zero attached hydrogens (tertiary/aromatic N) is 1. The van der Waals surface area contributed by atoms with Crippen LogP contribution < -0.4 is 5.73 Å². The summed E-state index contributed by atoms with van der Waals surface area (Å²) in [5, 5.41) is 0.749. The number of benzene rings is 2. The van der Waals surface area contributed by atoms with Crippen LogP contribution in [-0.2, 0) is 4.74 Å². The van der Waals surface area contributed by atoms with Crippen molar-refractivity contribution in [2.45, 2.75) is 0 Å². The predicted molar refractivity (Wildman–Crippen MR) is 82.9 cm³/mol. The van der Waals surface area contributed by atoms with E-state index in [1.807, 2.05) is 48.5 Å². The number of anilines is 1. The van der Waals surface area contributed by atoms with E-state index in [9.17, 15) is 4.79 Å². The molecule has 0 saturated carbocycles. The van der Waals surface area contributed by atoms with Crippen molar-refractivity contribution in [1.82, 2.24) is 4.98 Å². The van der Waals surface area contributed by atoms with E-state index in [1.165, 1.54) is 13.3 Å². The summed E-state index contributed by atoms with van der Waals surface area (Å²) in [4.78, 5) is 16.1. The van der Waals surface area contributed by atoms with E-state index in [4.69, 9.17) is 10.5 Å². The monoisotopic (exact) mass is 278 g/mol. The van der Waals surface area contributed by atoms with Gasteiger partial charge in [0, 0.05) is 17.1 Å². The molecule has 2 N–H and O–H groups in total. The van der Waals surface area contributed by atoms with Gasteiger partial charge >= 0.3 is 5.97 Å². The van der Waals surface area contributed by atoms with E-state index >= 15 is 0 Å². The van der Waals surface area contributed by atoms with Gasteiger partial charge in [-0.3, -0.25) is 4.98 Å². The Kier molecular flexibility index (Phi) is 3.28. The number of nitrogens with two attached hydrogens (primary N) is 1. The van der Waals surface area contributed by atoms with Crippen LogP contribution in [0.25, 0.3) is 22.0 Å². The fraction of sp³-hybridized carbons (Fsp3) is 0.0588. The van der Waals surface area contributed by atoms with Gasteiger partial charge in [-0.25, -0.2) is 4.79 Å². The number of fused-ring (bicyclic) bond motifs is 1. The molecule has 4 nitrogen and oxygen atoms in total. The number of ether oxygens (including phenoxy) is 1. The molecule has 2 aromatic carbocycles. The molecule has 1 heterocycles. The van der Waals surface area contributed by atoms with Gasteiger partial charge in [-0.05, 0) is 5.56 Å². The topological polar surface area (TPSA) is 65.2 Å². The first-order valence-corrected chi connectivity index (χ1v) is 6.53. The highest BCUT2D eigenvalue weighted by atomic mass is 16.5. The maximum atomic E-state index is 11.7. The zero-order valence-corrected chi connectivity index (χ0v) is 11.5. The Balaban J connectivity index is 2.27. The molecule has 1 aromatic heterocycles. The van der Waals surface area contributed by atoms with Gasteiger partial charge in [0.15, 0.2) is 0 Å². The number of carbonyl (C=O) groups is 1. The SMILES string of the molecule is COC(=O)c1cnc2c(-c3ccccc3)cccc2c1N. The summed E-state index contributed by atoms with van der Waals surface area (Å²) in [5.41, 5.74) is 9.59. The Morgan fingerprint density at radius 3 is 2.57 bits per heavy atom. The van der Waals surface area contributed by atoms with E-state index < -0.39 is 5.97 Å². The summed E-state index contributed by atoms with van der Waals surface area (Å²) in [7, 11) is 1.33. The number of esters is 1. The van der Waals surface area contributed by atoms with Crippen LogP contribution in [0.4, 0.5) is 5.69 Å². The molecule has 0 aliphatic heterocycles. The number of para-hydroxylation sites is 1. The molecule has 3 rings (SSSR count). The summed E-state index contributed by atoms with van der Waals surface area (Å²) in [6.07, 6.45) is 1.47. The highest BCUT2D eigenvalue weighted by Crippen LogP contribution is 2.31. The lowest BCUT2D eigenvalue weighted by Gasteiger charge is -2.10. The van der Waals surface area contributed by atoms with Crippen molar-refractivity contribution in [3.8, 4) is 11.1 Å². The Morgan fingerprint density at radius 1 is 1.10 bits per heavy atom. The highest BCUT2D eigenvalue weighted by Gasteiger charge is 2.15. The molecule has 0 aliphatic carbocycles. The van der Waals surface area contributed by atoms with Crippen molar-refractivity contribution in [2.75, 3.05) is 12.8 Å². The fourth-order valence-electron chi connectivity index (χ4n) is 2.37. The predicted octanol–water partition coefficient (Wildman–Crippen LogP) is 3.27. The molecule has 21 heavy (non-hydrogen) atoms. The zero-order valence-electron chi connectivity index (χ0n) is 11.5. The van der Waals surface area contributed by atoms with Gasteiger partial charge in [0.25, 0.3) is 0 Å². The van der Waals surface area contributed by atoms with Crippen molar-refractivity contribution >= 4 is 22.6 Å². The van der Waals surface area contributed by atoms with Crippen LogP contribution in [0.3, 0.4) is 0 Å². The summed E-state index contributed by atoms with van der Waals surface area (Å²) >= 11 is 0. The van der Waals surface area contributed by atoms with Crippen LogP contribution in [0.5, 0.6) is 0 Å². The molecule has 0 fully saturated rings. The lowest BCUT2D eigenvalue weighted by Crippen LogP contribution is -2.07. The molecule has 0 spiro atoms. The molecule has 0 atom stereocenters. The normalized spacial score (nSPS) is 10.5. The molecular weight excluding hydrogens is 264 g/mol. The average molecular weight is 278 g/mol. The molecule has 0 aliphatic rings. The van der Waals surface area contributed by atoms with Crippen LogP contribution in [0.15, 0.2) is 54.7 Å². The van der Waals surface area contributed by atoms with Gasteiger partial charge in [0.05, 0.1) is 18.3 Å². The third-order valence-corrected chi connectivity index (χ3v) is 3.43. The molecule has 0 bridgehead atoms. The minimum Gasteiger partial charge on any atom is -0.465 e. The smallest absolute Gasteiger partial charge is 0.341 e. The highest BCUT2D eigenvalue weighted by molar-refractivity contribution is 6.07. The Bertz CT molecular complexity index is 814. The third-order valence-electron chi connectivity index (χ3n) is 3.43. The molecule has 0 radical (unpaired) electrons. The molecule has 3 aromatic rings. The summed E-state index contributed by atoms with van der Waals surface area (Å²) in [6, 6.07) is 15.7. The van der Waals surface area contributed by atoms with Crippen molar-refractivity contribution < 1.29 is 9.53 Å². The van der Waals surface area contributed by atoms with Crippen molar-refractivity contribution in [3.05, 3.63) is 60.3 Å². The van der Waals surface area contributed by atoms with Crippen LogP contribution in [0.2, 0.25) is 0 Å². The van der Waals surface area contributed by atoms with Crippen molar-refractivity contribution in [1.29, 1.82) is 0 Å². The lowest BCUT2D eigenvalue weighted by molar-refractivity contribution is 0.0601. The van der Waals surface area contributed by atoms with E-state index in [0.29, 0.717) is 5.69 Å². The molecule has 0 amide bonds. The number of hydrogen-bond donors (Lipinski definition) is 1. The van der Waals surface area contributed by atoms with Crippen LogP contribution in [-0.4, -0.2) is 18.1 Å². The van der Waals surface area contributed by atoms with Gasteiger partial charge in [0.1, 0.15) is 5.56 Å². The minimum atomic E-state index is -0.480. The molecule has 0 unspecified atom stereocenters. The zero-order chi connectivity index (χ0) is 14.8. The standard InChI is InChI=1S/C17H14N2O2/c1-21-17(20)14-10-19-16-12(11-6-3-2-4-7-11)8-5-9-13(16)15(14)18/h2-10H,1H3,(H2,18,19). The Labute approximate surface area is 122 Å². The van der Waals surface area contributed by atoms with E-state index in [0.717, 1.165) is 22.0 Å². The van der Waals surface area contributed by atoms with Crippen LogP contribution >= 0.6 is 0 Å². The molecule has 104 valence electrons. The van der Waals surface area contributed by atoms with Gasteiger partial charge in [-0.2, -0.15) is 0 Å². The largest absolute Gasteiger partial charge is 0.465 e. The van der Waals surface area contributed by atoms with Crippen LogP contribution in [0, 0.1) is 0 Å². The van der Waals surface area contributed by atoms with E-state index in [1.54, 1.807) is 0 Å². The number of hydrogen-bond acceptors (Lipinski definition) is 4. The van der Waals surface area contributed by atoms with Gasteiger partial charge in [0.2, 0.25) is 0 Å². The second kappa shape index (κ2) is 5.25. The second-order valence-corrected chi connectivity index (χ2v) is 4.64. The number of pyridine rings is 1. The van der Waals surface area contributed by atoms with Crippen molar-refractivity contribution in [2.24, 2.45) is 0 Å². The van der Waals surface area contributed by atoms with Crippen LogP contribution in [0.1, 0.15) is 10.4 Å². The summed E-state index contributed by atoms with van der Waals surface area (Å²) in [6.45, 7) is 0. The maximum absolute atomic E-state index is 11.7. The maximum Gasteiger partial charge on any atom is 0.341 e. The third kappa shape index (κ3) is 2.21. The molecule has 4 heteroatoms. The average Bonchev–Trinajstić information content (AvgIpc) is 2.55. The minimum absolute atomic E-state index is 0.287. The van der Waals surface area contributed by atoms with Gasteiger partial charge in [-0.15, -0.1) is 0 Å². The molecule has 0 saturated heterocycles. The first kappa shape index (κ1) is 13.1. The fourth-order valence-corrected chi connectivity index (χ4v) is 2.37. The number of rotatable bonds is 2. The first-order valence-electron chi connectivity index (χ1n) is 6.53. The Morgan fingerprint density at radius 2 is 1.86 bits per heavy atom.